The molecule has 2 aliphatic rings. The Morgan fingerprint density at radius 1 is 1.15 bits per heavy atom. The molecule has 0 aliphatic carbocycles. The van der Waals surface area contributed by atoms with Crippen LogP contribution < -0.4 is 0 Å². The number of hydrogen-bond donors (Lipinski definition) is 0. The third kappa shape index (κ3) is 4.18. The van der Waals surface area contributed by atoms with Crippen molar-refractivity contribution in [3.05, 3.63) is 34.6 Å². The molecular weight excluding hydrogens is 357 g/mol. The maximum atomic E-state index is 14.0. The fourth-order valence-corrected chi connectivity index (χ4v) is 3.96. The molecule has 26 heavy (non-hydrogen) atoms. The van der Waals surface area contributed by atoms with Crippen molar-refractivity contribution in [1.29, 1.82) is 0 Å². The van der Waals surface area contributed by atoms with Crippen LogP contribution in [-0.4, -0.2) is 71.8 Å². The van der Waals surface area contributed by atoms with E-state index in [-0.39, 0.29) is 22.4 Å². The van der Waals surface area contributed by atoms with Crippen molar-refractivity contribution in [3.8, 4) is 0 Å². The number of carbonyl (C=O) groups is 2. The largest absolute Gasteiger partial charge is 0.339 e. The van der Waals surface area contributed by atoms with Gasteiger partial charge in [0, 0.05) is 38.8 Å². The third-order valence-corrected chi connectivity index (χ3v) is 5.63. The van der Waals surface area contributed by atoms with E-state index < -0.39 is 5.82 Å². The van der Waals surface area contributed by atoms with Gasteiger partial charge in [-0.1, -0.05) is 17.7 Å². The molecule has 2 amide bonds. The summed E-state index contributed by atoms with van der Waals surface area (Å²) < 4.78 is 14.0. The van der Waals surface area contributed by atoms with Crippen molar-refractivity contribution in [2.75, 3.05) is 39.3 Å². The zero-order chi connectivity index (χ0) is 18.7. The van der Waals surface area contributed by atoms with Crippen LogP contribution in [-0.2, 0) is 4.79 Å². The normalized spacial score (nSPS) is 21.7. The molecule has 2 saturated heterocycles. The van der Waals surface area contributed by atoms with E-state index in [1.54, 1.807) is 4.90 Å². The lowest BCUT2D eigenvalue weighted by atomic mass is 10.0. The Morgan fingerprint density at radius 3 is 2.54 bits per heavy atom. The molecule has 1 atom stereocenters. The Kier molecular flexibility index (Phi) is 6.14. The quantitative estimate of drug-likeness (QED) is 0.808. The second-order valence-corrected chi connectivity index (χ2v) is 7.50. The number of piperazine rings is 1. The van der Waals surface area contributed by atoms with Crippen molar-refractivity contribution in [2.24, 2.45) is 0 Å². The topological polar surface area (TPSA) is 43.9 Å². The van der Waals surface area contributed by atoms with Gasteiger partial charge in [-0.15, -0.1) is 0 Å². The first-order valence-corrected chi connectivity index (χ1v) is 9.60. The number of piperidine rings is 1. The van der Waals surface area contributed by atoms with Crippen LogP contribution in [0.2, 0.25) is 5.02 Å². The molecule has 0 radical (unpaired) electrons. The highest BCUT2D eigenvalue weighted by molar-refractivity contribution is 6.33. The molecule has 0 N–H and O–H groups in total. The van der Waals surface area contributed by atoms with Gasteiger partial charge in [0.1, 0.15) is 5.82 Å². The molecule has 2 heterocycles. The van der Waals surface area contributed by atoms with Crippen LogP contribution in [0.25, 0.3) is 0 Å². The van der Waals surface area contributed by atoms with E-state index in [4.69, 9.17) is 11.6 Å². The minimum atomic E-state index is -0.598. The minimum Gasteiger partial charge on any atom is -0.339 e. The zero-order valence-electron chi connectivity index (χ0n) is 15.1. The van der Waals surface area contributed by atoms with Gasteiger partial charge in [0.15, 0.2) is 0 Å². The molecule has 2 fully saturated rings. The average molecular weight is 382 g/mol. The molecule has 2 aliphatic heterocycles. The number of carbonyl (C=O) groups excluding carboxylic acids is 2. The maximum absolute atomic E-state index is 14.0. The first-order valence-electron chi connectivity index (χ1n) is 9.22. The van der Waals surface area contributed by atoms with Gasteiger partial charge in [0.05, 0.1) is 17.1 Å². The molecule has 3 rings (SSSR count). The Labute approximate surface area is 158 Å². The second-order valence-electron chi connectivity index (χ2n) is 7.10. The second kappa shape index (κ2) is 8.35. The zero-order valence-corrected chi connectivity index (χ0v) is 15.8. The van der Waals surface area contributed by atoms with Gasteiger partial charge in [-0.2, -0.15) is 0 Å². The molecule has 0 spiro atoms. The van der Waals surface area contributed by atoms with E-state index in [2.05, 4.69) is 11.8 Å². The number of likely N-dealkylation sites (tertiary alicyclic amines) is 1. The van der Waals surface area contributed by atoms with Gasteiger partial charge in [-0.05, 0) is 38.3 Å². The highest BCUT2D eigenvalue weighted by Gasteiger charge is 2.29. The molecule has 0 saturated carbocycles. The average Bonchev–Trinajstić information content (AvgIpc) is 2.62. The monoisotopic (exact) mass is 381 g/mol. The number of halogens is 2. The fraction of sp³-hybridized carbons (Fsp3) is 0.579. The summed E-state index contributed by atoms with van der Waals surface area (Å²) in [5.41, 5.74) is -0.0687. The van der Waals surface area contributed by atoms with E-state index in [9.17, 15) is 14.0 Å². The van der Waals surface area contributed by atoms with Crippen LogP contribution in [0.15, 0.2) is 18.2 Å². The predicted octanol–water partition coefficient (Wildman–Crippen LogP) is 2.64. The SMILES string of the molecule is CC1CCCCN1C(=O)CN1CCN(C(=O)c2c(F)cccc2Cl)CC1. The van der Waals surface area contributed by atoms with Crippen molar-refractivity contribution in [1.82, 2.24) is 14.7 Å². The van der Waals surface area contributed by atoms with Crippen LogP contribution in [0.3, 0.4) is 0 Å². The molecule has 7 heteroatoms. The Bertz CT molecular complexity index is 656. The number of amides is 2. The fourth-order valence-electron chi connectivity index (χ4n) is 3.72. The van der Waals surface area contributed by atoms with Crippen LogP contribution in [0.5, 0.6) is 0 Å². The smallest absolute Gasteiger partial charge is 0.258 e. The van der Waals surface area contributed by atoms with Crippen LogP contribution in [0.1, 0.15) is 36.5 Å². The Balaban J connectivity index is 1.54. The molecule has 1 aromatic carbocycles. The summed E-state index contributed by atoms with van der Waals surface area (Å²) in [6.45, 7) is 5.46. The van der Waals surface area contributed by atoms with Gasteiger partial charge in [0.2, 0.25) is 5.91 Å². The van der Waals surface area contributed by atoms with Crippen LogP contribution in [0.4, 0.5) is 4.39 Å². The van der Waals surface area contributed by atoms with Crippen molar-refractivity contribution >= 4 is 23.4 Å². The number of hydrogen-bond acceptors (Lipinski definition) is 3. The standard InChI is InChI=1S/C19H25ClFN3O2/c1-14-5-2-3-8-24(14)17(25)13-22-9-11-23(12-10-22)19(26)18-15(20)6-4-7-16(18)21/h4,6-7,14H,2-3,5,8-13H2,1H3. The summed E-state index contributed by atoms with van der Waals surface area (Å²) in [5, 5.41) is 0.131. The van der Waals surface area contributed by atoms with Gasteiger partial charge >= 0.3 is 0 Å². The van der Waals surface area contributed by atoms with Crippen molar-refractivity contribution in [3.63, 3.8) is 0 Å². The summed E-state index contributed by atoms with van der Waals surface area (Å²) >= 11 is 5.99. The Morgan fingerprint density at radius 2 is 1.88 bits per heavy atom. The molecule has 0 bridgehead atoms. The van der Waals surface area contributed by atoms with Crippen LogP contribution in [0, 0.1) is 5.82 Å². The van der Waals surface area contributed by atoms with Crippen LogP contribution >= 0.6 is 11.6 Å². The molecule has 1 aromatic rings. The number of benzene rings is 1. The predicted molar refractivity (Wildman–Crippen MR) is 98.8 cm³/mol. The van der Waals surface area contributed by atoms with Gasteiger partial charge < -0.3 is 9.80 Å². The summed E-state index contributed by atoms with van der Waals surface area (Å²) in [4.78, 5) is 30.8. The molecule has 142 valence electrons. The Hall–Kier alpha value is -1.66. The number of rotatable bonds is 3. The van der Waals surface area contributed by atoms with E-state index >= 15 is 0 Å². The minimum absolute atomic E-state index is 0.0687. The highest BCUT2D eigenvalue weighted by atomic mass is 35.5. The summed E-state index contributed by atoms with van der Waals surface area (Å²) in [6.07, 6.45) is 3.32. The molecule has 5 nitrogen and oxygen atoms in total. The first kappa shape index (κ1) is 19.1. The third-order valence-electron chi connectivity index (χ3n) is 5.32. The highest BCUT2D eigenvalue weighted by Crippen LogP contribution is 2.22. The molecule has 1 unspecified atom stereocenters. The number of nitrogens with zero attached hydrogens (tertiary/aromatic N) is 3. The molecule has 0 aromatic heterocycles. The molecular formula is C19H25ClFN3O2. The lowest BCUT2D eigenvalue weighted by molar-refractivity contribution is -0.136. The maximum Gasteiger partial charge on any atom is 0.258 e. The first-order chi connectivity index (χ1) is 12.5. The van der Waals surface area contributed by atoms with Gasteiger partial charge in [-0.25, -0.2) is 4.39 Å². The lowest BCUT2D eigenvalue weighted by Crippen LogP contribution is -2.53. The van der Waals surface area contributed by atoms with Gasteiger partial charge in [0.25, 0.3) is 5.91 Å². The van der Waals surface area contributed by atoms with Crippen molar-refractivity contribution < 1.29 is 14.0 Å². The summed E-state index contributed by atoms with van der Waals surface area (Å²) in [7, 11) is 0. The summed E-state index contributed by atoms with van der Waals surface area (Å²) in [5.74, 6) is -0.822. The van der Waals surface area contributed by atoms with E-state index in [0.29, 0.717) is 38.8 Å². The van der Waals surface area contributed by atoms with E-state index in [1.165, 1.54) is 24.6 Å². The van der Waals surface area contributed by atoms with E-state index in [1.807, 2.05) is 4.90 Å². The lowest BCUT2D eigenvalue weighted by Gasteiger charge is -2.38. The van der Waals surface area contributed by atoms with E-state index in [0.717, 1.165) is 19.4 Å². The van der Waals surface area contributed by atoms with Crippen molar-refractivity contribution in [2.45, 2.75) is 32.2 Å². The summed E-state index contributed by atoms with van der Waals surface area (Å²) in [6, 6.07) is 4.56. The van der Waals surface area contributed by atoms with Gasteiger partial charge in [-0.3, -0.25) is 14.5 Å².